The predicted molar refractivity (Wildman–Crippen MR) is 106 cm³/mol. The summed E-state index contributed by atoms with van der Waals surface area (Å²) in [5.74, 6) is 0.254. The van der Waals surface area contributed by atoms with E-state index in [1.807, 2.05) is 31.3 Å². The van der Waals surface area contributed by atoms with Crippen LogP contribution in [0.4, 0.5) is 11.4 Å². The van der Waals surface area contributed by atoms with Gasteiger partial charge in [-0.15, -0.1) is 16.8 Å². The van der Waals surface area contributed by atoms with Crippen molar-refractivity contribution in [2.24, 2.45) is 7.05 Å². The van der Waals surface area contributed by atoms with Crippen molar-refractivity contribution in [1.29, 1.82) is 0 Å². The molecule has 1 aromatic heterocycles. The topological polar surface area (TPSA) is 66.3 Å². The number of anilines is 2. The van der Waals surface area contributed by atoms with Crippen molar-refractivity contribution in [2.75, 3.05) is 48.7 Å². The normalized spacial score (nSPS) is 15.0. The summed E-state index contributed by atoms with van der Waals surface area (Å²) < 4.78 is 1.80. The summed E-state index contributed by atoms with van der Waals surface area (Å²) in [6.45, 7) is 8.60. The first-order chi connectivity index (χ1) is 12.7. The second-order valence-corrected chi connectivity index (χ2v) is 7.10. The molecule has 0 radical (unpaired) electrons. The number of amides is 1. The number of nitrogens with zero attached hydrogens (tertiary/aromatic N) is 5. The van der Waals surface area contributed by atoms with Crippen LogP contribution in [0.5, 0.6) is 0 Å². The van der Waals surface area contributed by atoms with Gasteiger partial charge in [-0.05, 0) is 12.1 Å². The van der Waals surface area contributed by atoms with Gasteiger partial charge in [0.2, 0.25) is 5.91 Å². The Labute approximate surface area is 158 Å². The Morgan fingerprint density at radius 2 is 2.08 bits per heavy atom. The standard InChI is InChI=1S/C18H24N6OS/c1-3-8-23-9-11-24(12-10-23)16-7-5-4-6-15(16)20-17(25)13-26-18-21-19-14-22(18)2/h3-7,14H,1,8-13H2,2H3,(H,20,25). The van der Waals surface area contributed by atoms with E-state index in [2.05, 4.69) is 38.0 Å². The molecule has 1 amide bonds. The predicted octanol–water partition coefficient (Wildman–Crippen LogP) is 1.85. The first kappa shape index (κ1) is 18.5. The van der Waals surface area contributed by atoms with Gasteiger partial charge in [-0.2, -0.15) is 0 Å². The number of benzene rings is 1. The molecule has 7 nitrogen and oxygen atoms in total. The van der Waals surface area contributed by atoms with Crippen molar-refractivity contribution in [3.05, 3.63) is 43.2 Å². The quantitative estimate of drug-likeness (QED) is 0.591. The summed E-state index contributed by atoms with van der Waals surface area (Å²) in [6.07, 6.45) is 3.57. The number of hydrogen-bond acceptors (Lipinski definition) is 6. The molecule has 138 valence electrons. The molecule has 1 aliphatic rings. The molecular weight excluding hydrogens is 348 g/mol. The molecule has 26 heavy (non-hydrogen) atoms. The van der Waals surface area contributed by atoms with Gasteiger partial charge in [0.15, 0.2) is 5.16 Å². The van der Waals surface area contributed by atoms with E-state index in [0.717, 1.165) is 49.3 Å². The molecule has 1 saturated heterocycles. The third-order valence-corrected chi connectivity index (χ3v) is 5.31. The highest BCUT2D eigenvalue weighted by Crippen LogP contribution is 2.27. The van der Waals surface area contributed by atoms with E-state index in [4.69, 9.17) is 0 Å². The van der Waals surface area contributed by atoms with Crippen LogP contribution < -0.4 is 10.2 Å². The SMILES string of the molecule is C=CCN1CCN(c2ccccc2NC(=O)CSc2nncn2C)CC1. The lowest BCUT2D eigenvalue weighted by atomic mass is 10.2. The van der Waals surface area contributed by atoms with Gasteiger partial charge in [0.1, 0.15) is 6.33 Å². The Morgan fingerprint density at radius 1 is 1.31 bits per heavy atom. The zero-order valence-electron chi connectivity index (χ0n) is 15.0. The summed E-state index contributed by atoms with van der Waals surface area (Å²) in [4.78, 5) is 17.1. The summed E-state index contributed by atoms with van der Waals surface area (Å²) in [7, 11) is 1.86. The molecule has 0 saturated carbocycles. The van der Waals surface area contributed by atoms with Crippen LogP contribution in [0.25, 0.3) is 0 Å². The molecule has 1 aliphatic heterocycles. The monoisotopic (exact) mass is 372 g/mol. The number of aryl methyl sites for hydroxylation is 1. The molecule has 0 aliphatic carbocycles. The lowest BCUT2D eigenvalue weighted by Gasteiger charge is -2.36. The van der Waals surface area contributed by atoms with Gasteiger partial charge in [-0.1, -0.05) is 30.0 Å². The highest BCUT2D eigenvalue weighted by molar-refractivity contribution is 7.99. The fourth-order valence-corrected chi connectivity index (χ4v) is 3.62. The Kier molecular flexibility index (Phi) is 6.30. The van der Waals surface area contributed by atoms with Crippen LogP contribution in [0.3, 0.4) is 0 Å². The van der Waals surface area contributed by atoms with E-state index in [1.165, 1.54) is 11.8 Å². The van der Waals surface area contributed by atoms with Gasteiger partial charge in [-0.25, -0.2) is 0 Å². The molecule has 1 aromatic carbocycles. The van der Waals surface area contributed by atoms with Gasteiger partial charge >= 0.3 is 0 Å². The number of thioether (sulfide) groups is 1. The second-order valence-electron chi connectivity index (χ2n) is 6.15. The lowest BCUT2D eigenvalue weighted by molar-refractivity contribution is -0.113. The zero-order valence-corrected chi connectivity index (χ0v) is 15.8. The minimum atomic E-state index is -0.0456. The summed E-state index contributed by atoms with van der Waals surface area (Å²) in [6, 6.07) is 7.98. The summed E-state index contributed by atoms with van der Waals surface area (Å²) in [5.41, 5.74) is 1.93. The molecule has 0 atom stereocenters. The third-order valence-electron chi connectivity index (χ3n) is 4.28. The highest BCUT2D eigenvalue weighted by Gasteiger charge is 2.19. The summed E-state index contributed by atoms with van der Waals surface area (Å²) >= 11 is 1.38. The molecule has 1 fully saturated rings. The van der Waals surface area contributed by atoms with Crippen LogP contribution in [0.15, 0.2) is 48.4 Å². The van der Waals surface area contributed by atoms with E-state index in [0.29, 0.717) is 5.75 Å². The smallest absolute Gasteiger partial charge is 0.234 e. The Hall–Kier alpha value is -2.32. The summed E-state index contributed by atoms with van der Waals surface area (Å²) in [5, 5.41) is 11.6. The Morgan fingerprint density at radius 3 is 2.77 bits per heavy atom. The van der Waals surface area contributed by atoms with Crippen LogP contribution in [0.1, 0.15) is 0 Å². The molecular formula is C18H24N6OS. The molecule has 2 aromatic rings. The van der Waals surface area contributed by atoms with Gasteiger partial charge < -0.3 is 14.8 Å². The maximum Gasteiger partial charge on any atom is 0.234 e. The van der Waals surface area contributed by atoms with Crippen LogP contribution >= 0.6 is 11.8 Å². The lowest BCUT2D eigenvalue weighted by Crippen LogP contribution is -2.46. The van der Waals surface area contributed by atoms with E-state index in [1.54, 1.807) is 10.9 Å². The van der Waals surface area contributed by atoms with Gasteiger partial charge in [0.05, 0.1) is 17.1 Å². The van der Waals surface area contributed by atoms with Gasteiger partial charge in [0.25, 0.3) is 0 Å². The Bertz CT molecular complexity index is 754. The van der Waals surface area contributed by atoms with Crippen LogP contribution in [0.2, 0.25) is 0 Å². The molecule has 0 bridgehead atoms. The van der Waals surface area contributed by atoms with E-state index in [9.17, 15) is 4.79 Å². The molecule has 2 heterocycles. The van der Waals surface area contributed by atoms with Crippen LogP contribution in [-0.2, 0) is 11.8 Å². The third kappa shape index (κ3) is 4.64. The largest absolute Gasteiger partial charge is 0.367 e. The van der Waals surface area contributed by atoms with Crippen LogP contribution in [0, 0.1) is 0 Å². The van der Waals surface area contributed by atoms with E-state index >= 15 is 0 Å². The van der Waals surface area contributed by atoms with Crippen molar-refractivity contribution >= 4 is 29.0 Å². The van der Waals surface area contributed by atoms with Crippen LogP contribution in [-0.4, -0.2) is 64.0 Å². The highest BCUT2D eigenvalue weighted by atomic mass is 32.2. The van der Waals surface area contributed by atoms with Crippen molar-refractivity contribution in [2.45, 2.75) is 5.16 Å². The first-order valence-corrected chi connectivity index (χ1v) is 9.60. The molecule has 0 spiro atoms. The molecule has 1 N–H and O–H groups in total. The number of rotatable bonds is 7. The minimum Gasteiger partial charge on any atom is -0.367 e. The average Bonchev–Trinajstić information content (AvgIpc) is 3.06. The second kappa shape index (κ2) is 8.86. The number of carbonyl (C=O) groups excluding carboxylic acids is 1. The van der Waals surface area contributed by atoms with Gasteiger partial charge in [0, 0.05) is 39.8 Å². The maximum absolute atomic E-state index is 12.4. The molecule has 0 unspecified atom stereocenters. The zero-order chi connectivity index (χ0) is 18.4. The number of hydrogen-bond donors (Lipinski definition) is 1. The number of carbonyl (C=O) groups is 1. The average molecular weight is 372 g/mol. The Balaban J connectivity index is 1.59. The first-order valence-electron chi connectivity index (χ1n) is 8.61. The fraction of sp³-hybridized carbons (Fsp3) is 0.389. The van der Waals surface area contributed by atoms with Gasteiger partial charge in [-0.3, -0.25) is 9.69 Å². The number of piperazine rings is 1. The molecule has 8 heteroatoms. The number of para-hydroxylation sites is 2. The number of nitrogens with one attached hydrogen (secondary N) is 1. The maximum atomic E-state index is 12.4. The number of aromatic nitrogens is 3. The van der Waals surface area contributed by atoms with Crippen molar-refractivity contribution in [1.82, 2.24) is 19.7 Å². The fourth-order valence-electron chi connectivity index (χ4n) is 2.93. The van der Waals surface area contributed by atoms with E-state index < -0.39 is 0 Å². The molecule has 3 rings (SSSR count). The van der Waals surface area contributed by atoms with Crippen molar-refractivity contribution in [3.63, 3.8) is 0 Å². The minimum absolute atomic E-state index is 0.0456. The van der Waals surface area contributed by atoms with Crippen molar-refractivity contribution in [3.8, 4) is 0 Å². The van der Waals surface area contributed by atoms with E-state index in [-0.39, 0.29) is 5.91 Å². The van der Waals surface area contributed by atoms with Crippen molar-refractivity contribution < 1.29 is 4.79 Å².